The number of hydrogen-bond acceptors (Lipinski definition) is 7. The van der Waals surface area contributed by atoms with Crippen molar-refractivity contribution in [3.63, 3.8) is 0 Å². The molecule has 1 aliphatic heterocycles. The number of thiazole rings is 1. The van der Waals surface area contributed by atoms with Gasteiger partial charge in [-0.15, -0.1) is 11.3 Å². The summed E-state index contributed by atoms with van der Waals surface area (Å²) in [5.74, 6) is 1.50. The summed E-state index contributed by atoms with van der Waals surface area (Å²) in [6.07, 6.45) is 8.24. The van der Waals surface area contributed by atoms with Gasteiger partial charge in [0.15, 0.2) is 0 Å². The second kappa shape index (κ2) is 10.9. The highest BCUT2D eigenvalue weighted by molar-refractivity contribution is 7.15. The van der Waals surface area contributed by atoms with Crippen molar-refractivity contribution < 1.29 is 14.3 Å². The van der Waals surface area contributed by atoms with Gasteiger partial charge in [-0.25, -0.2) is 15.0 Å². The molecule has 0 saturated carbocycles. The Bertz CT molecular complexity index is 1080. The predicted molar refractivity (Wildman–Crippen MR) is 129 cm³/mol. The van der Waals surface area contributed by atoms with Gasteiger partial charge < -0.3 is 14.8 Å². The molecule has 0 unspecified atom stereocenters. The normalized spacial score (nSPS) is 15.2. The van der Waals surface area contributed by atoms with Crippen LogP contribution in [0.15, 0.2) is 36.8 Å². The summed E-state index contributed by atoms with van der Waals surface area (Å²) >= 11 is 1.63. The van der Waals surface area contributed by atoms with Gasteiger partial charge in [-0.3, -0.25) is 4.79 Å². The van der Waals surface area contributed by atoms with Crippen LogP contribution in [0, 0.1) is 12.8 Å². The van der Waals surface area contributed by atoms with Crippen LogP contribution < -0.4 is 10.1 Å². The monoisotopic (exact) mass is 466 g/mol. The van der Waals surface area contributed by atoms with E-state index in [0.717, 1.165) is 48.6 Å². The van der Waals surface area contributed by atoms with Crippen LogP contribution in [0.5, 0.6) is 5.75 Å². The molecule has 4 rings (SSSR count). The first-order chi connectivity index (χ1) is 16.0. The molecular weight excluding hydrogens is 436 g/mol. The highest BCUT2D eigenvalue weighted by atomic mass is 32.1. The van der Waals surface area contributed by atoms with Gasteiger partial charge in [0, 0.05) is 42.2 Å². The lowest BCUT2D eigenvalue weighted by atomic mass is 10.0. The molecule has 2 aromatic heterocycles. The van der Waals surface area contributed by atoms with Crippen LogP contribution in [0.25, 0.3) is 10.6 Å². The van der Waals surface area contributed by atoms with Gasteiger partial charge in [-0.1, -0.05) is 13.0 Å². The molecule has 0 radical (unpaired) electrons. The summed E-state index contributed by atoms with van der Waals surface area (Å²) in [5.41, 5.74) is 2.21. The number of nitrogens with one attached hydrogen (secondary N) is 1. The van der Waals surface area contributed by atoms with Crippen molar-refractivity contribution in [3.05, 3.63) is 58.6 Å². The van der Waals surface area contributed by atoms with Crippen LogP contribution >= 0.6 is 11.3 Å². The molecule has 0 aliphatic carbocycles. The van der Waals surface area contributed by atoms with E-state index in [9.17, 15) is 4.79 Å². The summed E-state index contributed by atoms with van der Waals surface area (Å²) in [5, 5.41) is 3.93. The number of aryl methyl sites for hydroxylation is 2. The van der Waals surface area contributed by atoms with Gasteiger partial charge in [0.1, 0.15) is 16.6 Å². The van der Waals surface area contributed by atoms with Crippen molar-refractivity contribution in [2.24, 2.45) is 5.92 Å². The molecule has 1 fully saturated rings. The van der Waals surface area contributed by atoms with Crippen molar-refractivity contribution in [2.45, 2.75) is 46.1 Å². The van der Waals surface area contributed by atoms with Crippen molar-refractivity contribution in [1.82, 2.24) is 20.3 Å². The zero-order valence-electron chi connectivity index (χ0n) is 19.3. The fourth-order valence-electron chi connectivity index (χ4n) is 3.73. The average molecular weight is 467 g/mol. The van der Waals surface area contributed by atoms with Crippen LogP contribution in [0.4, 0.5) is 0 Å². The third-order valence-corrected chi connectivity index (χ3v) is 7.02. The highest BCUT2D eigenvalue weighted by Gasteiger charge is 2.23. The second-order valence-electron chi connectivity index (χ2n) is 8.29. The van der Waals surface area contributed by atoms with E-state index in [0.29, 0.717) is 29.7 Å². The Morgan fingerprint density at radius 3 is 2.67 bits per heavy atom. The maximum absolute atomic E-state index is 13.3. The third-order valence-electron chi connectivity index (χ3n) is 5.84. The number of benzene rings is 1. The van der Waals surface area contributed by atoms with E-state index >= 15 is 0 Å². The molecule has 33 heavy (non-hydrogen) atoms. The third kappa shape index (κ3) is 5.75. The van der Waals surface area contributed by atoms with Gasteiger partial charge in [0.25, 0.3) is 5.91 Å². The van der Waals surface area contributed by atoms with Crippen LogP contribution in [-0.4, -0.2) is 40.7 Å². The van der Waals surface area contributed by atoms with Crippen LogP contribution in [0.2, 0.25) is 0 Å². The molecule has 3 heterocycles. The molecule has 1 atom stereocenters. The Labute approximate surface area is 198 Å². The molecule has 1 aromatic carbocycles. The summed E-state index contributed by atoms with van der Waals surface area (Å²) in [4.78, 5) is 27.6. The summed E-state index contributed by atoms with van der Waals surface area (Å²) in [7, 11) is 0. The molecular formula is C25H30N4O3S. The fourth-order valence-corrected chi connectivity index (χ4v) is 4.61. The lowest BCUT2D eigenvalue weighted by Gasteiger charge is -2.24. The molecule has 0 spiro atoms. The molecule has 1 aliphatic rings. The first-order valence-corrected chi connectivity index (χ1v) is 12.2. The van der Waals surface area contributed by atoms with E-state index in [1.807, 2.05) is 38.2 Å². The number of nitrogens with zero attached hydrogens (tertiary/aromatic N) is 3. The Morgan fingerprint density at radius 1 is 1.21 bits per heavy atom. The largest absolute Gasteiger partial charge is 0.492 e. The number of carbonyl (C=O) groups excluding carboxylic acids is 1. The molecule has 0 bridgehead atoms. The number of amides is 1. The number of ether oxygens (including phenoxy) is 2. The van der Waals surface area contributed by atoms with Crippen molar-refractivity contribution in [2.75, 3.05) is 19.8 Å². The number of carbonyl (C=O) groups is 1. The van der Waals surface area contributed by atoms with E-state index in [1.165, 1.54) is 4.88 Å². The maximum Gasteiger partial charge on any atom is 0.255 e. The van der Waals surface area contributed by atoms with Gasteiger partial charge >= 0.3 is 0 Å². The molecule has 1 N–H and O–H groups in total. The second-order valence-corrected chi connectivity index (χ2v) is 9.41. The molecule has 174 valence electrons. The molecule has 1 saturated heterocycles. The Hall–Kier alpha value is -2.84. The summed E-state index contributed by atoms with van der Waals surface area (Å²) in [6.45, 7) is 7.93. The van der Waals surface area contributed by atoms with Crippen LogP contribution in [-0.2, 0) is 11.2 Å². The zero-order valence-corrected chi connectivity index (χ0v) is 20.2. The van der Waals surface area contributed by atoms with Gasteiger partial charge in [0.05, 0.1) is 23.8 Å². The lowest BCUT2D eigenvalue weighted by Crippen LogP contribution is -2.28. The van der Waals surface area contributed by atoms with E-state index in [-0.39, 0.29) is 11.9 Å². The SMILES string of the molecule is CCc1cnc(-c2cccc(C(=O)N[C@H](C)c3cnc(C)nc3)c2OCC2CCOCC2)s1. The summed E-state index contributed by atoms with van der Waals surface area (Å²) < 4.78 is 11.8. The quantitative estimate of drug-likeness (QED) is 0.515. The van der Waals surface area contributed by atoms with E-state index in [2.05, 4.69) is 27.2 Å². The summed E-state index contributed by atoms with van der Waals surface area (Å²) in [6, 6.07) is 5.44. The fraction of sp³-hybridized carbons (Fsp3) is 0.440. The topological polar surface area (TPSA) is 86.2 Å². The highest BCUT2D eigenvalue weighted by Crippen LogP contribution is 2.37. The van der Waals surface area contributed by atoms with Crippen LogP contribution in [0.1, 0.15) is 59.4 Å². The van der Waals surface area contributed by atoms with Crippen molar-refractivity contribution in [1.29, 1.82) is 0 Å². The van der Waals surface area contributed by atoms with Gasteiger partial charge in [-0.05, 0) is 51.2 Å². The Balaban J connectivity index is 1.61. The van der Waals surface area contributed by atoms with E-state index in [4.69, 9.17) is 9.47 Å². The van der Waals surface area contributed by atoms with Crippen LogP contribution in [0.3, 0.4) is 0 Å². The predicted octanol–water partition coefficient (Wildman–Crippen LogP) is 4.77. The lowest BCUT2D eigenvalue weighted by molar-refractivity contribution is 0.0496. The van der Waals surface area contributed by atoms with E-state index in [1.54, 1.807) is 23.7 Å². The smallest absolute Gasteiger partial charge is 0.255 e. The number of para-hydroxylation sites is 1. The zero-order chi connectivity index (χ0) is 23.2. The Morgan fingerprint density at radius 2 is 1.97 bits per heavy atom. The van der Waals surface area contributed by atoms with E-state index < -0.39 is 0 Å². The average Bonchev–Trinajstić information content (AvgIpc) is 3.32. The molecule has 7 nitrogen and oxygen atoms in total. The van der Waals surface area contributed by atoms with Gasteiger partial charge in [0.2, 0.25) is 0 Å². The van der Waals surface area contributed by atoms with Crippen molar-refractivity contribution in [3.8, 4) is 16.3 Å². The number of hydrogen-bond donors (Lipinski definition) is 1. The number of rotatable bonds is 8. The minimum absolute atomic E-state index is 0.195. The Kier molecular flexibility index (Phi) is 7.67. The first-order valence-electron chi connectivity index (χ1n) is 11.4. The molecule has 1 amide bonds. The van der Waals surface area contributed by atoms with Gasteiger partial charge in [-0.2, -0.15) is 0 Å². The molecule has 8 heteroatoms. The minimum Gasteiger partial charge on any atom is -0.492 e. The minimum atomic E-state index is -0.239. The van der Waals surface area contributed by atoms with Crippen molar-refractivity contribution >= 4 is 17.2 Å². The molecule has 3 aromatic rings. The standard InChI is InChI=1S/C25H30N4O3S/c1-4-20-14-28-25(33-20)22-7-5-6-21(23(22)32-15-18-8-10-31-11-9-18)24(30)29-16(2)19-12-26-17(3)27-13-19/h5-7,12-14,16,18H,4,8-11,15H2,1-3H3,(H,29,30)/t16-/m1/s1. The maximum atomic E-state index is 13.3. The first kappa shape index (κ1) is 23.3. The number of aromatic nitrogens is 3.